The molecule has 0 aromatic carbocycles. The Morgan fingerprint density at radius 1 is 1.55 bits per heavy atom. The molecule has 0 radical (unpaired) electrons. The average Bonchev–Trinajstić information content (AvgIpc) is 2.00. The number of hydrogen-bond donors (Lipinski definition) is 3. The van der Waals surface area contributed by atoms with Gasteiger partial charge >= 0.3 is 6.03 Å². The molecule has 0 fully saturated rings. The molecule has 0 aliphatic heterocycles. The van der Waals surface area contributed by atoms with Crippen LogP contribution in [0.3, 0.4) is 0 Å². The van der Waals surface area contributed by atoms with Crippen LogP contribution in [0.5, 0.6) is 0 Å². The summed E-state index contributed by atoms with van der Waals surface area (Å²) in [6.45, 7) is 3.12. The van der Waals surface area contributed by atoms with Crippen LogP contribution < -0.4 is 10.6 Å². The van der Waals surface area contributed by atoms with Gasteiger partial charge in [0.15, 0.2) is 0 Å². The van der Waals surface area contributed by atoms with Crippen LogP contribution in [0.4, 0.5) is 4.79 Å². The van der Waals surface area contributed by atoms with E-state index in [9.17, 15) is 9.59 Å². The zero-order chi connectivity index (χ0) is 8.69. The number of carbonyl (C=O) groups is 2. The summed E-state index contributed by atoms with van der Waals surface area (Å²) in [4.78, 5) is 21.0. The summed E-state index contributed by atoms with van der Waals surface area (Å²) in [6.07, 6.45) is 0.985. The molecular formula is C6H10N2O3. The number of aliphatic hydroxyl groups is 1. The van der Waals surface area contributed by atoms with E-state index in [1.807, 2.05) is 5.32 Å². The molecule has 0 spiro atoms. The van der Waals surface area contributed by atoms with Crippen molar-refractivity contribution in [2.45, 2.75) is 0 Å². The normalized spacial score (nSPS) is 8.45. The fraction of sp³-hybridized carbons (Fsp3) is 0.333. The van der Waals surface area contributed by atoms with Crippen molar-refractivity contribution in [1.82, 2.24) is 10.6 Å². The number of hydrogen-bond acceptors (Lipinski definition) is 3. The molecule has 0 heterocycles. The highest BCUT2D eigenvalue weighted by atomic mass is 16.3. The molecule has 0 atom stereocenters. The third-order valence-corrected chi connectivity index (χ3v) is 0.819. The van der Waals surface area contributed by atoms with Gasteiger partial charge in [0.2, 0.25) is 0 Å². The lowest BCUT2D eigenvalue weighted by atomic mass is 10.6. The molecule has 5 nitrogen and oxygen atoms in total. The summed E-state index contributed by atoms with van der Waals surface area (Å²) in [5, 5.41) is 12.4. The van der Waals surface area contributed by atoms with E-state index < -0.39 is 11.9 Å². The van der Waals surface area contributed by atoms with Crippen LogP contribution >= 0.6 is 0 Å². The quantitative estimate of drug-likeness (QED) is 0.460. The SMILES string of the molecule is C=CC(=O)NC(=O)NCCO. The Morgan fingerprint density at radius 3 is 2.64 bits per heavy atom. The third-order valence-electron chi connectivity index (χ3n) is 0.819. The van der Waals surface area contributed by atoms with Gasteiger partial charge in [0, 0.05) is 6.54 Å². The van der Waals surface area contributed by atoms with Crippen molar-refractivity contribution in [1.29, 1.82) is 0 Å². The first-order valence-corrected chi connectivity index (χ1v) is 3.02. The second-order valence-electron chi connectivity index (χ2n) is 1.67. The summed E-state index contributed by atoms with van der Waals surface area (Å²) in [5.41, 5.74) is 0. The predicted molar refractivity (Wildman–Crippen MR) is 38.8 cm³/mol. The van der Waals surface area contributed by atoms with E-state index in [0.29, 0.717) is 0 Å². The molecule has 0 rings (SSSR count). The lowest BCUT2D eigenvalue weighted by Crippen LogP contribution is -2.39. The van der Waals surface area contributed by atoms with Gasteiger partial charge in [-0.3, -0.25) is 10.1 Å². The second kappa shape index (κ2) is 5.43. The molecule has 3 N–H and O–H groups in total. The molecule has 0 aromatic rings. The van der Waals surface area contributed by atoms with Crippen LogP contribution in [-0.4, -0.2) is 30.2 Å². The number of carbonyl (C=O) groups excluding carboxylic acids is 2. The molecule has 0 aromatic heterocycles. The average molecular weight is 158 g/mol. The molecule has 0 saturated carbocycles. The Hall–Kier alpha value is -1.36. The highest BCUT2D eigenvalue weighted by Gasteiger charge is 2.00. The van der Waals surface area contributed by atoms with Gasteiger partial charge in [-0.05, 0) is 6.08 Å². The van der Waals surface area contributed by atoms with Crippen LogP contribution in [0.25, 0.3) is 0 Å². The smallest absolute Gasteiger partial charge is 0.321 e. The monoisotopic (exact) mass is 158 g/mol. The maximum absolute atomic E-state index is 10.6. The van der Waals surface area contributed by atoms with Gasteiger partial charge in [-0.1, -0.05) is 6.58 Å². The largest absolute Gasteiger partial charge is 0.395 e. The first-order chi connectivity index (χ1) is 5.20. The standard InChI is InChI=1S/C6H10N2O3/c1-2-5(10)8-6(11)7-3-4-9/h2,9H,1,3-4H2,(H2,7,8,10,11). The zero-order valence-corrected chi connectivity index (χ0v) is 5.96. The maximum Gasteiger partial charge on any atom is 0.321 e. The van der Waals surface area contributed by atoms with Crippen molar-refractivity contribution >= 4 is 11.9 Å². The van der Waals surface area contributed by atoms with Gasteiger partial charge in [-0.2, -0.15) is 0 Å². The Kier molecular flexibility index (Phi) is 4.76. The molecule has 0 bridgehead atoms. The zero-order valence-electron chi connectivity index (χ0n) is 5.96. The summed E-state index contributed by atoms with van der Waals surface area (Å²) in [5.74, 6) is -0.569. The van der Waals surface area contributed by atoms with Crippen molar-refractivity contribution in [3.8, 4) is 0 Å². The minimum atomic E-state index is -0.635. The van der Waals surface area contributed by atoms with Crippen LogP contribution in [-0.2, 0) is 4.79 Å². The van der Waals surface area contributed by atoms with Crippen molar-refractivity contribution in [2.24, 2.45) is 0 Å². The number of urea groups is 1. The summed E-state index contributed by atoms with van der Waals surface area (Å²) in [6, 6.07) is -0.635. The van der Waals surface area contributed by atoms with Gasteiger partial charge in [-0.25, -0.2) is 4.79 Å². The van der Waals surface area contributed by atoms with E-state index in [-0.39, 0.29) is 13.2 Å². The molecule has 0 saturated heterocycles. The molecule has 5 heteroatoms. The minimum absolute atomic E-state index is 0.121. The van der Waals surface area contributed by atoms with Crippen LogP contribution in [0.2, 0.25) is 0 Å². The number of imide groups is 1. The Bertz CT molecular complexity index is 167. The summed E-state index contributed by atoms with van der Waals surface area (Å²) < 4.78 is 0. The van der Waals surface area contributed by atoms with E-state index in [1.54, 1.807) is 0 Å². The Morgan fingerprint density at radius 2 is 2.18 bits per heavy atom. The maximum atomic E-state index is 10.6. The lowest BCUT2D eigenvalue weighted by molar-refractivity contribution is -0.115. The molecule has 0 aliphatic carbocycles. The predicted octanol–water partition coefficient (Wildman–Crippen LogP) is -1.01. The number of aliphatic hydroxyl groups excluding tert-OH is 1. The Labute approximate surface area is 64.1 Å². The van der Waals surface area contributed by atoms with Gasteiger partial charge in [0.05, 0.1) is 6.61 Å². The first kappa shape index (κ1) is 9.64. The van der Waals surface area contributed by atoms with Crippen molar-refractivity contribution in [3.05, 3.63) is 12.7 Å². The molecule has 11 heavy (non-hydrogen) atoms. The molecule has 62 valence electrons. The van der Waals surface area contributed by atoms with E-state index in [2.05, 4.69) is 11.9 Å². The summed E-state index contributed by atoms with van der Waals surface area (Å²) in [7, 11) is 0. The second-order valence-corrected chi connectivity index (χ2v) is 1.67. The van der Waals surface area contributed by atoms with E-state index in [4.69, 9.17) is 5.11 Å². The van der Waals surface area contributed by atoms with Gasteiger partial charge in [-0.15, -0.1) is 0 Å². The molecule has 0 unspecified atom stereocenters. The summed E-state index contributed by atoms with van der Waals surface area (Å²) >= 11 is 0. The number of rotatable bonds is 3. The fourth-order valence-electron chi connectivity index (χ4n) is 0.377. The minimum Gasteiger partial charge on any atom is -0.395 e. The third kappa shape index (κ3) is 5.10. The lowest BCUT2D eigenvalue weighted by Gasteiger charge is -2.01. The van der Waals surface area contributed by atoms with Crippen LogP contribution in [0, 0.1) is 0 Å². The van der Waals surface area contributed by atoms with Crippen molar-refractivity contribution < 1.29 is 14.7 Å². The molecule has 0 aliphatic rings. The van der Waals surface area contributed by atoms with Crippen LogP contribution in [0.1, 0.15) is 0 Å². The van der Waals surface area contributed by atoms with Gasteiger partial charge in [0.1, 0.15) is 0 Å². The number of nitrogens with one attached hydrogen (secondary N) is 2. The first-order valence-electron chi connectivity index (χ1n) is 3.02. The fourth-order valence-corrected chi connectivity index (χ4v) is 0.377. The number of amides is 3. The van der Waals surface area contributed by atoms with Crippen LogP contribution in [0.15, 0.2) is 12.7 Å². The van der Waals surface area contributed by atoms with E-state index >= 15 is 0 Å². The van der Waals surface area contributed by atoms with E-state index in [0.717, 1.165) is 6.08 Å². The molecule has 3 amide bonds. The van der Waals surface area contributed by atoms with Gasteiger partial charge in [0.25, 0.3) is 5.91 Å². The van der Waals surface area contributed by atoms with Crippen molar-refractivity contribution in [2.75, 3.05) is 13.2 Å². The molecular weight excluding hydrogens is 148 g/mol. The topological polar surface area (TPSA) is 78.4 Å². The van der Waals surface area contributed by atoms with E-state index in [1.165, 1.54) is 0 Å². The van der Waals surface area contributed by atoms with Crippen molar-refractivity contribution in [3.63, 3.8) is 0 Å². The highest BCUT2D eigenvalue weighted by Crippen LogP contribution is 1.67. The van der Waals surface area contributed by atoms with Gasteiger partial charge < -0.3 is 10.4 Å². The highest BCUT2D eigenvalue weighted by molar-refractivity contribution is 5.99. The Balaban J connectivity index is 3.52.